The fourth-order valence-electron chi connectivity index (χ4n) is 3.79. The fraction of sp³-hybridized carbons (Fsp3) is 0.263. The Bertz CT molecular complexity index is 1060. The molecule has 3 aromatic rings. The zero-order chi connectivity index (χ0) is 17.0. The first-order valence-electron chi connectivity index (χ1n) is 8.44. The van der Waals surface area contributed by atoms with Gasteiger partial charge in [-0.25, -0.2) is 9.37 Å². The smallest absolute Gasteiger partial charge is 0.167 e. The highest BCUT2D eigenvalue weighted by atomic mass is 32.2. The van der Waals surface area contributed by atoms with E-state index >= 15 is 0 Å². The van der Waals surface area contributed by atoms with Gasteiger partial charge >= 0.3 is 0 Å². The molecular formula is C19H16FN3OS. The molecule has 1 saturated carbocycles. The molecule has 25 heavy (non-hydrogen) atoms. The summed E-state index contributed by atoms with van der Waals surface area (Å²) in [5.41, 5.74) is 3.92. The molecule has 1 aliphatic carbocycles. The van der Waals surface area contributed by atoms with Crippen molar-refractivity contribution in [1.82, 2.24) is 15.3 Å². The Labute approximate surface area is 147 Å². The van der Waals surface area contributed by atoms with E-state index in [1.165, 1.54) is 17.8 Å². The van der Waals surface area contributed by atoms with Crippen LogP contribution in [0.1, 0.15) is 30.4 Å². The lowest BCUT2D eigenvalue weighted by Gasteiger charge is -2.16. The molecule has 5 rings (SSSR count). The monoisotopic (exact) mass is 353 g/mol. The highest BCUT2D eigenvalue weighted by Gasteiger charge is 2.27. The summed E-state index contributed by atoms with van der Waals surface area (Å²) < 4.78 is 13.8. The second kappa shape index (κ2) is 5.59. The van der Waals surface area contributed by atoms with Gasteiger partial charge in [-0.05, 0) is 54.3 Å². The van der Waals surface area contributed by atoms with Gasteiger partial charge in [0, 0.05) is 23.9 Å². The Balaban J connectivity index is 1.73. The molecular weight excluding hydrogens is 337 g/mol. The van der Waals surface area contributed by atoms with E-state index in [-0.39, 0.29) is 11.1 Å². The molecule has 0 radical (unpaired) electrons. The minimum Gasteiger partial charge on any atom is -0.387 e. The normalized spacial score (nSPS) is 19.6. The lowest BCUT2D eigenvalue weighted by molar-refractivity contribution is -0.116. The van der Waals surface area contributed by atoms with E-state index < -0.39 is 0 Å². The minimum absolute atomic E-state index is 0.00249. The molecule has 0 saturated heterocycles. The van der Waals surface area contributed by atoms with Crippen molar-refractivity contribution in [2.75, 3.05) is 0 Å². The number of thioether (sulfide) groups is 1. The third-order valence-electron chi connectivity index (χ3n) is 4.99. The number of halogens is 1. The van der Waals surface area contributed by atoms with Crippen molar-refractivity contribution in [2.24, 2.45) is 0 Å². The average molecular weight is 353 g/mol. The molecule has 1 fully saturated rings. The first-order valence-corrected chi connectivity index (χ1v) is 9.32. The molecule has 2 aliphatic rings. The Hall–Kier alpha value is -2.34. The van der Waals surface area contributed by atoms with Crippen LogP contribution in [0, 0.1) is 5.82 Å². The van der Waals surface area contributed by atoms with E-state index in [9.17, 15) is 9.18 Å². The van der Waals surface area contributed by atoms with E-state index in [0.29, 0.717) is 18.7 Å². The van der Waals surface area contributed by atoms with Crippen LogP contribution in [0.4, 0.5) is 4.39 Å². The van der Waals surface area contributed by atoms with Crippen LogP contribution in [0.15, 0.2) is 29.6 Å². The Morgan fingerprint density at radius 1 is 1.28 bits per heavy atom. The van der Waals surface area contributed by atoms with Crippen molar-refractivity contribution in [2.45, 2.75) is 36.2 Å². The van der Waals surface area contributed by atoms with Gasteiger partial charge in [0.05, 0.1) is 16.3 Å². The summed E-state index contributed by atoms with van der Waals surface area (Å²) in [7, 11) is 0. The van der Waals surface area contributed by atoms with Crippen LogP contribution in [0.3, 0.4) is 0 Å². The predicted molar refractivity (Wildman–Crippen MR) is 97.9 cm³/mol. The van der Waals surface area contributed by atoms with Gasteiger partial charge in [0.2, 0.25) is 0 Å². The summed E-state index contributed by atoms with van der Waals surface area (Å²) in [6.45, 7) is 0.657. The third kappa shape index (κ3) is 2.35. The van der Waals surface area contributed by atoms with Crippen LogP contribution in [-0.4, -0.2) is 21.0 Å². The molecule has 2 N–H and O–H groups in total. The van der Waals surface area contributed by atoms with Gasteiger partial charge in [-0.1, -0.05) is 11.8 Å². The van der Waals surface area contributed by atoms with Crippen LogP contribution < -0.4 is 5.32 Å². The molecule has 126 valence electrons. The summed E-state index contributed by atoms with van der Waals surface area (Å²) >= 11 is 1.52. The summed E-state index contributed by atoms with van der Waals surface area (Å²) in [6, 6.07) is 4.85. The molecule has 0 spiro atoms. The number of carbonyl (C=O) groups excluding carboxylic acids is 1. The number of nitrogens with one attached hydrogen (secondary N) is 2. The van der Waals surface area contributed by atoms with E-state index in [0.717, 1.165) is 50.9 Å². The maximum atomic E-state index is 13.8. The van der Waals surface area contributed by atoms with E-state index in [1.807, 2.05) is 12.3 Å². The molecule has 1 aliphatic heterocycles. The van der Waals surface area contributed by atoms with Crippen LogP contribution in [0.25, 0.3) is 27.9 Å². The number of hydrogen-bond acceptors (Lipinski definition) is 4. The van der Waals surface area contributed by atoms with Gasteiger partial charge in [-0.15, -0.1) is 0 Å². The van der Waals surface area contributed by atoms with Crippen LogP contribution in [0.2, 0.25) is 0 Å². The maximum absolute atomic E-state index is 13.8. The molecule has 1 aromatic heterocycles. The van der Waals surface area contributed by atoms with Crippen molar-refractivity contribution in [1.29, 1.82) is 0 Å². The van der Waals surface area contributed by atoms with Crippen molar-refractivity contribution in [3.05, 3.63) is 41.3 Å². The Morgan fingerprint density at radius 3 is 3.04 bits per heavy atom. The lowest BCUT2D eigenvalue weighted by atomic mass is 9.95. The van der Waals surface area contributed by atoms with E-state index in [2.05, 4.69) is 10.3 Å². The third-order valence-corrected chi connectivity index (χ3v) is 6.19. The molecule has 2 heterocycles. The number of benzene rings is 2. The molecule has 6 heteroatoms. The van der Waals surface area contributed by atoms with Crippen LogP contribution in [-0.2, 0) is 11.3 Å². The van der Waals surface area contributed by atoms with Gasteiger partial charge in [0.15, 0.2) is 5.16 Å². The topological polar surface area (TPSA) is 57.8 Å². The van der Waals surface area contributed by atoms with E-state index in [1.54, 1.807) is 12.1 Å². The summed E-state index contributed by atoms with van der Waals surface area (Å²) in [5.74, 6) is 0.0637. The zero-order valence-electron chi connectivity index (χ0n) is 13.4. The number of H-pyrrole nitrogens is 1. The second-order valence-electron chi connectivity index (χ2n) is 6.53. The van der Waals surface area contributed by atoms with Gasteiger partial charge in [0.1, 0.15) is 11.6 Å². The second-order valence-corrected chi connectivity index (χ2v) is 7.72. The first kappa shape index (κ1) is 15.0. The maximum Gasteiger partial charge on any atom is 0.167 e. The largest absolute Gasteiger partial charge is 0.387 e. The highest BCUT2D eigenvalue weighted by Crippen LogP contribution is 2.37. The Kier molecular flexibility index (Phi) is 3.35. The van der Waals surface area contributed by atoms with E-state index in [4.69, 9.17) is 4.98 Å². The minimum atomic E-state index is -0.245. The first-order chi connectivity index (χ1) is 12.2. The number of imidazole rings is 1. The SMILES string of the molecule is O=C1CCCC1Sc1nc2c([nH]1)c1c(c3cc(F)ccc32)CNC=C1. The Morgan fingerprint density at radius 2 is 2.20 bits per heavy atom. The molecule has 1 atom stereocenters. The molecule has 0 amide bonds. The van der Waals surface area contributed by atoms with Crippen molar-refractivity contribution < 1.29 is 9.18 Å². The van der Waals surface area contributed by atoms with Crippen molar-refractivity contribution >= 4 is 45.4 Å². The van der Waals surface area contributed by atoms with Gasteiger partial charge in [-0.2, -0.15) is 0 Å². The lowest BCUT2D eigenvalue weighted by Crippen LogP contribution is -2.11. The number of ketones is 1. The standard InChI is InChI=1S/C19H16FN3OS/c20-10-4-5-11-13(8-10)14-9-21-7-6-12(14)18-17(11)22-19(23-18)25-16-3-1-2-15(16)24/h4-8,16,21H,1-3,9H2,(H,22,23). The molecule has 2 aromatic carbocycles. The number of aromatic nitrogens is 2. The number of carbonyl (C=O) groups is 1. The number of nitrogens with zero attached hydrogens (tertiary/aromatic N) is 1. The number of hydrogen-bond donors (Lipinski definition) is 2. The quantitative estimate of drug-likeness (QED) is 0.727. The predicted octanol–water partition coefficient (Wildman–Crippen LogP) is 4.14. The summed E-state index contributed by atoms with van der Waals surface area (Å²) in [5, 5.41) is 5.79. The highest BCUT2D eigenvalue weighted by molar-refractivity contribution is 8.00. The van der Waals surface area contributed by atoms with Crippen LogP contribution in [0.5, 0.6) is 0 Å². The molecule has 0 bridgehead atoms. The number of Topliss-reactive ketones (excluding diaryl/α,β-unsaturated/α-hetero) is 1. The number of fused-ring (bicyclic) bond motifs is 6. The van der Waals surface area contributed by atoms with Crippen molar-refractivity contribution in [3.63, 3.8) is 0 Å². The fourth-order valence-corrected chi connectivity index (χ4v) is 4.89. The number of aromatic amines is 1. The summed E-state index contributed by atoms with van der Waals surface area (Å²) in [6.07, 6.45) is 6.45. The number of rotatable bonds is 2. The summed E-state index contributed by atoms with van der Waals surface area (Å²) in [4.78, 5) is 20.1. The van der Waals surface area contributed by atoms with Gasteiger partial charge in [0.25, 0.3) is 0 Å². The molecule has 4 nitrogen and oxygen atoms in total. The zero-order valence-corrected chi connectivity index (χ0v) is 14.3. The average Bonchev–Trinajstić information content (AvgIpc) is 3.22. The molecule has 1 unspecified atom stereocenters. The van der Waals surface area contributed by atoms with Crippen molar-refractivity contribution in [3.8, 4) is 0 Å². The van der Waals surface area contributed by atoms with Crippen LogP contribution >= 0.6 is 11.8 Å². The van der Waals surface area contributed by atoms with Gasteiger partial charge in [-0.3, -0.25) is 4.79 Å². The van der Waals surface area contributed by atoms with Gasteiger partial charge < -0.3 is 10.3 Å².